The van der Waals surface area contributed by atoms with E-state index < -0.39 is 20.2 Å². The molecule has 0 N–H and O–H groups in total. The molecule has 226 valence electrons. The maximum atomic E-state index is 11.9. The summed E-state index contributed by atoms with van der Waals surface area (Å²) in [6, 6.07) is 15.9. The lowest BCUT2D eigenvalue weighted by molar-refractivity contribution is -0.0186. The molecule has 2 aromatic carbocycles. The minimum atomic E-state index is -3.77. The third-order valence-corrected chi connectivity index (χ3v) is 7.51. The second-order valence-corrected chi connectivity index (χ2v) is 11.1. The van der Waals surface area contributed by atoms with Gasteiger partial charge in [-0.3, -0.25) is 8.37 Å². The predicted molar refractivity (Wildman–Crippen MR) is 144 cm³/mol. The molecule has 0 saturated heterocycles. The fourth-order valence-corrected chi connectivity index (χ4v) is 4.75. The predicted octanol–water partition coefficient (Wildman–Crippen LogP) is 1.90. The molecular formula is C26H38O12S2. The topological polar surface area (TPSA) is 142 Å². The van der Waals surface area contributed by atoms with Gasteiger partial charge in [0.05, 0.1) is 102 Å². The molecule has 0 aliphatic heterocycles. The van der Waals surface area contributed by atoms with E-state index >= 15 is 0 Å². The Balaban J connectivity index is 1.26. The monoisotopic (exact) mass is 606 g/mol. The van der Waals surface area contributed by atoms with Crippen LogP contribution in [-0.4, -0.2) is 109 Å². The summed E-state index contributed by atoms with van der Waals surface area (Å²) >= 11 is 0. The number of benzene rings is 2. The van der Waals surface area contributed by atoms with E-state index in [0.717, 1.165) is 0 Å². The molecule has 14 heteroatoms. The smallest absolute Gasteiger partial charge is 0.297 e. The highest BCUT2D eigenvalue weighted by Crippen LogP contribution is 2.11. The van der Waals surface area contributed by atoms with Crippen LogP contribution in [0.25, 0.3) is 0 Å². The largest absolute Gasteiger partial charge is 0.377 e. The Kier molecular flexibility index (Phi) is 17.8. The molecule has 0 unspecified atom stereocenters. The normalized spacial score (nSPS) is 12.1. The summed E-state index contributed by atoms with van der Waals surface area (Å²) in [5.41, 5.74) is 0. The number of ether oxygens (including phenoxy) is 6. The van der Waals surface area contributed by atoms with Crippen LogP contribution in [0.1, 0.15) is 0 Å². The van der Waals surface area contributed by atoms with Crippen LogP contribution < -0.4 is 0 Å². The van der Waals surface area contributed by atoms with Crippen LogP contribution >= 0.6 is 0 Å². The second-order valence-electron chi connectivity index (χ2n) is 7.85. The summed E-state index contributed by atoms with van der Waals surface area (Å²) in [6.45, 7) is 3.91. The molecule has 0 aliphatic carbocycles. The van der Waals surface area contributed by atoms with E-state index in [4.69, 9.17) is 36.8 Å². The van der Waals surface area contributed by atoms with Gasteiger partial charge in [0.1, 0.15) is 0 Å². The van der Waals surface area contributed by atoms with Crippen LogP contribution in [0, 0.1) is 0 Å². The van der Waals surface area contributed by atoms with Gasteiger partial charge >= 0.3 is 0 Å². The van der Waals surface area contributed by atoms with Crippen molar-refractivity contribution in [1.29, 1.82) is 0 Å². The summed E-state index contributed by atoms with van der Waals surface area (Å²) < 4.78 is 89.7. The molecule has 2 aromatic rings. The van der Waals surface area contributed by atoms with Gasteiger partial charge in [0.15, 0.2) is 0 Å². The molecular weight excluding hydrogens is 568 g/mol. The van der Waals surface area contributed by atoms with E-state index in [0.29, 0.717) is 66.1 Å². The summed E-state index contributed by atoms with van der Waals surface area (Å²) in [5.74, 6) is 0. The van der Waals surface area contributed by atoms with E-state index in [1.54, 1.807) is 36.4 Å². The van der Waals surface area contributed by atoms with E-state index in [1.165, 1.54) is 24.3 Å². The average Bonchev–Trinajstić information content (AvgIpc) is 2.96. The van der Waals surface area contributed by atoms with Crippen molar-refractivity contribution in [2.24, 2.45) is 0 Å². The zero-order valence-corrected chi connectivity index (χ0v) is 24.0. The first-order valence-corrected chi connectivity index (χ1v) is 15.6. The highest BCUT2D eigenvalue weighted by atomic mass is 32.2. The quantitative estimate of drug-likeness (QED) is 0.120. The van der Waals surface area contributed by atoms with Gasteiger partial charge in [-0.15, -0.1) is 0 Å². The molecule has 40 heavy (non-hydrogen) atoms. The zero-order chi connectivity index (χ0) is 28.8. The van der Waals surface area contributed by atoms with Gasteiger partial charge in [0, 0.05) is 0 Å². The molecule has 0 spiro atoms. The molecule has 0 fully saturated rings. The molecule has 0 heterocycles. The zero-order valence-electron chi connectivity index (χ0n) is 22.4. The van der Waals surface area contributed by atoms with E-state index in [-0.39, 0.29) is 36.2 Å². The molecule has 0 atom stereocenters. The van der Waals surface area contributed by atoms with Crippen molar-refractivity contribution >= 4 is 20.2 Å². The molecule has 0 aliphatic rings. The van der Waals surface area contributed by atoms with Gasteiger partial charge in [-0.2, -0.15) is 16.8 Å². The Bertz CT molecular complexity index is 1010. The van der Waals surface area contributed by atoms with Crippen molar-refractivity contribution in [2.75, 3.05) is 92.5 Å². The lowest BCUT2D eigenvalue weighted by Gasteiger charge is -2.09. The fourth-order valence-electron chi connectivity index (χ4n) is 2.92. The lowest BCUT2D eigenvalue weighted by Crippen LogP contribution is -2.16. The molecule has 0 bridgehead atoms. The Labute approximate surface area is 236 Å². The van der Waals surface area contributed by atoms with Gasteiger partial charge in [0.2, 0.25) is 0 Å². The third-order valence-electron chi connectivity index (χ3n) is 4.86. The number of hydrogen-bond donors (Lipinski definition) is 0. The van der Waals surface area contributed by atoms with Crippen LogP contribution in [0.15, 0.2) is 70.5 Å². The van der Waals surface area contributed by atoms with Crippen molar-refractivity contribution in [1.82, 2.24) is 0 Å². The minimum Gasteiger partial charge on any atom is -0.377 e. The van der Waals surface area contributed by atoms with Gasteiger partial charge in [-0.1, -0.05) is 36.4 Å². The Morgan fingerprint density at radius 1 is 0.350 bits per heavy atom. The molecule has 0 amide bonds. The average molecular weight is 607 g/mol. The van der Waals surface area contributed by atoms with Gasteiger partial charge in [-0.05, 0) is 24.3 Å². The van der Waals surface area contributed by atoms with Crippen LogP contribution in [0.4, 0.5) is 0 Å². The summed E-state index contributed by atoms with van der Waals surface area (Å²) in [5, 5.41) is 0. The first-order valence-electron chi connectivity index (χ1n) is 12.8. The molecule has 0 radical (unpaired) electrons. The van der Waals surface area contributed by atoms with Crippen molar-refractivity contribution in [3.63, 3.8) is 0 Å². The molecule has 0 saturated carbocycles. The maximum Gasteiger partial charge on any atom is 0.297 e. The first-order chi connectivity index (χ1) is 19.4. The van der Waals surface area contributed by atoms with E-state index in [2.05, 4.69) is 0 Å². The first kappa shape index (κ1) is 34.2. The van der Waals surface area contributed by atoms with Gasteiger partial charge < -0.3 is 28.4 Å². The Hall–Kier alpha value is -1.98. The van der Waals surface area contributed by atoms with Gasteiger partial charge in [-0.25, -0.2) is 0 Å². The highest BCUT2D eigenvalue weighted by molar-refractivity contribution is 7.87. The van der Waals surface area contributed by atoms with Crippen molar-refractivity contribution in [2.45, 2.75) is 9.79 Å². The highest BCUT2D eigenvalue weighted by Gasteiger charge is 2.14. The molecule has 2 rings (SSSR count). The van der Waals surface area contributed by atoms with E-state index in [9.17, 15) is 16.8 Å². The second kappa shape index (κ2) is 20.8. The van der Waals surface area contributed by atoms with Crippen molar-refractivity contribution in [3.8, 4) is 0 Å². The molecule has 12 nitrogen and oxygen atoms in total. The Morgan fingerprint density at radius 2 is 0.575 bits per heavy atom. The SMILES string of the molecule is O=S(=O)(OCCOCCOCCOCCOCCOCCOCCOS(=O)(=O)c1ccccc1)c1ccccc1. The van der Waals surface area contributed by atoms with Crippen LogP contribution in [0.3, 0.4) is 0 Å². The van der Waals surface area contributed by atoms with E-state index in [1.807, 2.05) is 0 Å². The lowest BCUT2D eigenvalue weighted by atomic mass is 10.4. The van der Waals surface area contributed by atoms with Crippen LogP contribution in [0.2, 0.25) is 0 Å². The summed E-state index contributed by atoms with van der Waals surface area (Å²) in [4.78, 5) is 0.221. The third kappa shape index (κ3) is 15.7. The van der Waals surface area contributed by atoms with Gasteiger partial charge in [0.25, 0.3) is 20.2 Å². The van der Waals surface area contributed by atoms with Crippen molar-refractivity contribution < 1.29 is 53.6 Å². The van der Waals surface area contributed by atoms with Crippen LogP contribution in [0.5, 0.6) is 0 Å². The maximum absolute atomic E-state index is 11.9. The van der Waals surface area contributed by atoms with Crippen molar-refractivity contribution in [3.05, 3.63) is 60.7 Å². The number of rotatable bonds is 25. The minimum absolute atomic E-state index is 0.0710. The fraction of sp³-hybridized carbons (Fsp3) is 0.538. The molecule has 0 aromatic heterocycles. The Morgan fingerprint density at radius 3 is 0.825 bits per heavy atom. The summed E-state index contributed by atoms with van der Waals surface area (Å²) in [6.07, 6.45) is 0. The van der Waals surface area contributed by atoms with Crippen LogP contribution in [-0.2, 0) is 57.0 Å². The number of hydrogen-bond acceptors (Lipinski definition) is 12. The summed E-state index contributed by atoms with van der Waals surface area (Å²) in [7, 11) is -7.53. The standard InChI is InChI=1S/C26H38O12S2/c27-39(28,25-7-3-1-4-8-25)37-23-21-35-19-17-33-15-13-31-11-12-32-14-16-34-18-20-36-22-24-38-40(29,30)26-9-5-2-6-10-26/h1-10H,11-24H2.